The minimum Gasteiger partial charge on any atom is -0.394 e. The maximum Gasteiger partial charge on any atom is 0.416 e. The molecule has 1 rings (SSSR count). The number of aliphatic hydroxyl groups is 1. The molecule has 0 atom stereocenters. The van der Waals surface area contributed by atoms with Crippen LogP contribution in [0.2, 0.25) is 0 Å². The summed E-state index contributed by atoms with van der Waals surface area (Å²) in [6, 6.07) is 4.23. The predicted molar refractivity (Wildman–Crippen MR) is 69.3 cm³/mol. The van der Waals surface area contributed by atoms with Gasteiger partial charge in [0.05, 0.1) is 17.7 Å². The largest absolute Gasteiger partial charge is 0.416 e. The van der Waals surface area contributed by atoms with Crippen molar-refractivity contribution in [1.82, 2.24) is 5.32 Å². The summed E-state index contributed by atoms with van der Waals surface area (Å²) >= 11 is 0. The van der Waals surface area contributed by atoms with Gasteiger partial charge in [-0.15, -0.1) is 0 Å². The van der Waals surface area contributed by atoms with Gasteiger partial charge in [0.15, 0.2) is 0 Å². The lowest BCUT2D eigenvalue weighted by Gasteiger charge is -2.30. The summed E-state index contributed by atoms with van der Waals surface area (Å²) in [5.74, 6) is -0.617. The van der Waals surface area contributed by atoms with Gasteiger partial charge in [-0.3, -0.25) is 4.79 Å². The first kappa shape index (κ1) is 16.5. The molecule has 1 amide bonds. The highest BCUT2D eigenvalue weighted by Crippen LogP contribution is 2.29. The zero-order chi connectivity index (χ0) is 15.4. The number of benzene rings is 1. The molecule has 0 aromatic heterocycles. The van der Waals surface area contributed by atoms with Crippen LogP contribution in [0.1, 0.15) is 42.6 Å². The standard InChI is InChI=1S/C14H18F3NO2/c1-3-13(4-2,9-19)18-12(20)10-6-5-7-11(8-10)14(15,16)17/h5-8,19H,3-4,9H2,1-2H3,(H,18,20). The highest BCUT2D eigenvalue weighted by Gasteiger charge is 2.32. The maximum absolute atomic E-state index is 12.6. The number of halogens is 3. The Morgan fingerprint density at radius 1 is 1.25 bits per heavy atom. The van der Waals surface area contributed by atoms with E-state index in [4.69, 9.17) is 0 Å². The molecule has 3 nitrogen and oxygen atoms in total. The van der Waals surface area contributed by atoms with Crippen molar-refractivity contribution >= 4 is 5.91 Å². The third-order valence-electron chi connectivity index (χ3n) is 3.49. The summed E-state index contributed by atoms with van der Waals surface area (Å²) in [7, 11) is 0. The van der Waals surface area contributed by atoms with E-state index >= 15 is 0 Å². The Kier molecular flexibility index (Phi) is 5.16. The van der Waals surface area contributed by atoms with E-state index in [1.165, 1.54) is 12.1 Å². The molecule has 0 bridgehead atoms. The van der Waals surface area contributed by atoms with Gasteiger partial charge >= 0.3 is 6.18 Å². The van der Waals surface area contributed by atoms with Crippen molar-refractivity contribution in [2.24, 2.45) is 0 Å². The quantitative estimate of drug-likeness (QED) is 0.875. The smallest absolute Gasteiger partial charge is 0.394 e. The van der Waals surface area contributed by atoms with Crippen molar-refractivity contribution in [2.75, 3.05) is 6.61 Å². The van der Waals surface area contributed by atoms with Crippen LogP contribution in [0.4, 0.5) is 13.2 Å². The van der Waals surface area contributed by atoms with Gasteiger partial charge in [-0.25, -0.2) is 0 Å². The molecule has 0 spiro atoms. The van der Waals surface area contributed by atoms with Gasteiger partial charge in [0.2, 0.25) is 0 Å². The number of rotatable bonds is 5. The molecule has 0 unspecified atom stereocenters. The predicted octanol–water partition coefficient (Wildman–Crippen LogP) is 2.99. The molecule has 0 aliphatic carbocycles. The van der Waals surface area contributed by atoms with E-state index < -0.39 is 23.2 Å². The van der Waals surface area contributed by atoms with E-state index in [1.54, 1.807) is 13.8 Å². The average Bonchev–Trinajstić information content (AvgIpc) is 2.44. The SMILES string of the molecule is CCC(CC)(CO)NC(=O)c1cccc(C(F)(F)F)c1. The van der Waals surface area contributed by atoms with Crippen molar-refractivity contribution in [1.29, 1.82) is 0 Å². The molecule has 0 heterocycles. The van der Waals surface area contributed by atoms with E-state index in [0.717, 1.165) is 12.1 Å². The summed E-state index contributed by atoms with van der Waals surface area (Å²) in [5.41, 5.74) is -1.74. The molecule has 0 fully saturated rings. The molecule has 0 saturated heterocycles. The molecule has 0 radical (unpaired) electrons. The molecular weight excluding hydrogens is 271 g/mol. The van der Waals surface area contributed by atoms with Crippen LogP contribution in [-0.2, 0) is 6.18 Å². The summed E-state index contributed by atoms with van der Waals surface area (Å²) in [4.78, 5) is 12.0. The Bertz CT molecular complexity index is 459. The third-order valence-corrected chi connectivity index (χ3v) is 3.49. The van der Waals surface area contributed by atoms with Gasteiger partial charge in [-0.1, -0.05) is 19.9 Å². The monoisotopic (exact) mass is 289 g/mol. The van der Waals surface area contributed by atoms with Crippen LogP contribution in [0, 0.1) is 0 Å². The number of hydrogen-bond acceptors (Lipinski definition) is 2. The van der Waals surface area contributed by atoms with E-state index in [-0.39, 0.29) is 12.2 Å². The number of carbonyl (C=O) groups excluding carboxylic acids is 1. The summed E-state index contributed by atoms with van der Waals surface area (Å²) < 4.78 is 37.8. The highest BCUT2D eigenvalue weighted by molar-refractivity contribution is 5.94. The van der Waals surface area contributed by atoms with Gasteiger partial charge in [0, 0.05) is 5.56 Å². The van der Waals surface area contributed by atoms with E-state index in [9.17, 15) is 23.1 Å². The number of aliphatic hydroxyl groups excluding tert-OH is 1. The second-order valence-corrected chi connectivity index (χ2v) is 4.68. The Labute approximate surface area is 115 Å². The zero-order valence-corrected chi connectivity index (χ0v) is 11.4. The third kappa shape index (κ3) is 3.72. The van der Waals surface area contributed by atoms with Gasteiger partial charge in [-0.2, -0.15) is 13.2 Å². The molecule has 1 aromatic rings. The number of carbonyl (C=O) groups is 1. The first-order valence-electron chi connectivity index (χ1n) is 6.38. The van der Waals surface area contributed by atoms with Crippen molar-refractivity contribution in [3.8, 4) is 0 Å². The van der Waals surface area contributed by atoms with Crippen LogP contribution in [0.15, 0.2) is 24.3 Å². The zero-order valence-electron chi connectivity index (χ0n) is 11.4. The minimum atomic E-state index is -4.49. The van der Waals surface area contributed by atoms with E-state index in [2.05, 4.69) is 5.32 Å². The fraction of sp³-hybridized carbons (Fsp3) is 0.500. The van der Waals surface area contributed by atoms with Crippen LogP contribution in [0.3, 0.4) is 0 Å². The van der Waals surface area contributed by atoms with E-state index in [1.807, 2.05) is 0 Å². The molecule has 1 aromatic carbocycles. The van der Waals surface area contributed by atoms with Crippen LogP contribution in [0.25, 0.3) is 0 Å². The van der Waals surface area contributed by atoms with E-state index in [0.29, 0.717) is 12.8 Å². The molecule has 20 heavy (non-hydrogen) atoms. The van der Waals surface area contributed by atoms with Crippen molar-refractivity contribution in [2.45, 2.75) is 38.4 Å². The molecular formula is C14H18F3NO2. The van der Waals surface area contributed by atoms with Gasteiger partial charge in [-0.05, 0) is 31.0 Å². The number of nitrogens with one attached hydrogen (secondary N) is 1. The lowest BCUT2D eigenvalue weighted by atomic mass is 9.93. The molecule has 2 N–H and O–H groups in total. The van der Waals surface area contributed by atoms with Gasteiger partial charge in [0.1, 0.15) is 0 Å². The van der Waals surface area contributed by atoms with Crippen molar-refractivity contribution in [3.63, 3.8) is 0 Å². The summed E-state index contributed by atoms with van der Waals surface area (Å²) in [6.45, 7) is 3.34. The Balaban J connectivity index is 2.99. The number of hydrogen-bond donors (Lipinski definition) is 2. The first-order valence-corrected chi connectivity index (χ1v) is 6.38. The fourth-order valence-electron chi connectivity index (χ4n) is 1.84. The Morgan fingerprint density at radius 3 is 2.30 bits per heavy atom. The highest BCUT2D eigenvalue weighted by atomic mass is 19.4. The van der Waals surface area contributed by atoms with Crippen LogP contribution in [0.5, 0.6) is 0 Å². The van der Waals surface area contributed by atoms with Crippen LogP contribution < -0.4 is 5.32 Å². The molecule has 0 aliphatic rings. The lowest BCUT2D eigenvalue weighted by Crippen LogP contribution is -2.50. The minimum absolute atomic E-state index is 0.0699. The average molecular weight is 289 g/mol. The van der Waals surface area contributed by atoms with Gasteiger partial charge in [0.25, 0.3) is 5.91 Å². The molecule has 112 valence electrons. The summed E-state index contributed by atoms with van der Waals surface area (Å²) in [5, 5.41) is 12.0. The first-order chi connectivity index (χ1) is 9.28. The number of amides is 1. The second kappa shape index (κ2) is 6.26. The Hall–Kier alpha value is -1.56. The number of alkyl halides is 3. The molecule has 0 aliphatic heterocycles. The van der Waals surface area contributed by atoms with Crippen LogP contribution in [-0.4, -0.2) is 23.2 Å². The van der Waals surface area contributed by atoms with Crippen molar-refractivity contribution in [3.05, 3.63) is 35.4 Å². The van der Waals surface area contributed by atoms with Crippen molar-refractivity contribution < 1.29 is 23.1 Å². The Morgan fingerprint density at radius 2 is 1.85 bits per heavy atom. The topological polar surface area (TPSA) is 49.3 Å². The second-order valence-electron chi connectivity index (χ2n) is 4.68. The molecule has 6 heteroatoms. The fourth-order valence-corrected chi connectivity index (χ4v) is 1.84. The maximum atomic E-state index is 12.6. The summed E-state index contributed by atoms with van der Waals surface area (Å²) in [6.07, 6.45) is -3.50. The van der Waals surface area contributed by atoms with Gasteiger partial charge < -0.3 is 10.4 Å². The normalized spacial score (nSPS) is 12.3. The van der Waals surface area contributed by atoms with Crippen LogP contribution >= 0.6 is 0 Å². The molecule has 0 saturated carbocycles. The lowest BCUT2D eigenvalue weighted by molar-refractivity contribution is -0.137.